The van der Waals surface area contributed by atoms with Gasteiger partial charge in [-0.05, 0) is 44.0 Å². The highest BCUT2D eigenvalue weighted by atomic mass is 16.5. The smallest absolute Gasteiger partial charge is 0.258 e. The van der Waals surface area contributed by atoms with Crippen molar-refractivity contribution in [2.75, 3.05) is 13.7 Å². The lowest BCUT2D eigenvalue weighted by Crippen LogP contribution is -2.31. The van der Waals surface area contributed by atoms with Gasteiger partial charge in [0, 0.05) is 5.56 Å². The van der Waals surface area contributed by atoms with Gasteiger partial charge < -0.3 is 14.8 Å². The van der Waals surface area contributed by atoms with Gasteiger partial charge in [0.1, 0.15) is 11.5 Å². The Balaban J connectivity index is 1.95. The Morgan fingerprint density at radius 1 is 1.13 bits per heavy atom. The molecular formula is C19H23NO3. The normalized spacial score (nSPS) is 11.7. The fourth-order valence-corrected chi connectivity index (χ4v) is 2.39. The van der Waals surface area contributed by atoms with E-state index in [-0.39, 0.29) is 18.6 Å². The molecule has 0 saturated carbocycles. The van der Waals surface area contributed by atoms with Crippen LogP contribution in [0.15, 0.2) is 42.5 Å². The lowest BCUT2D eigenvalue weighted by atomic mass is 10.1. The minimum atomic E-state index is -0.163. The van der Waals surface area contributed by atoms with Crippen molar-refractivity contribution in [3.05, 3.63) is 59.2 Å². The summed E-state index contributed by atoms with van der Waals surface area (Å²) < 4.78 is 11.0. The molecule has 2 aromatic rings. The second-order valence-corrected chi connectivity index (χ2v) is 5.59. The van der Waals surface area contributed by atoms with E-state index in [0.29, 0.717) is 0 Å². The van der Waals surface area contributed by atoms with Crippen LogP contribution in [0.2, 0.25) is 0 Å². The summed E-state index contributed by atoms with van der Waals surface area (Å²) in [5, 5.41) is 2.93. The lowest BCUT2D eigenvalue weighted by molar-refractivity contribution is -0.123. The summed E-state index contributed by atoms with van der Waals surface area (Å²) in [4.78, 5) is 12.1. The quantitative estimate of drug-likeness (QED) is 0.887. The van der Waals surface area contributed by atoms with Gasteiger partial charge in [0.25, 0.3) is 5.91 Å². The number of ether oxygens (including phenoxy) is 2. The van der Waals surface area contributed by atoms with Crippen LogP contribution in [0.5, 0.6) is 11.5 Å². The van der Waals surface area contributed by atoms with Crippen molar-refractivity contribution in [3.8, 4) is 11.5 Å². The fraction of sp³-hybridized carbons (Fsp3) is 0.316. The van der Waals surface area contributed by atoms with Gasteiger partial charge in [-0.1, -0.05) is 30.3 Å². The molecule has 1 atom stereocenters. The van der Waals surface area contributed by atoms with E-state index < -0.39 is 0 Å². The highest BCUT2D eigenvalue weighted by Crippen LogP contribution is 2.24. The molecule has 23 heavy (non-hydrogen) atoms. The molecule has 0 fully saturated rings. The third-order valence-electron chi connectivity index (χ3n) is 3.69. The average molecular weight is 313 g/mol. The van der Waals surface area contributed by atoms with Gasteiger partial charge in [-0.3, -0.25) is 4.79 Å². The zero-order chi connectivity index (χ0) is 16.8. The maximum absolute atomic E-state index is 12.1. The van der Waals surface area contributed by atoms with E-state index in [0.717, 1.165) is 28.2 Å². The molecule has 0 heterocycles. The first-order chi connectivity index (χ1) is 11.0. The number of carbonyl (C=O) groups excluding carboxylic acids is 1. The van der Waals surface area contributed by atoms with Gasteiger partial charge in [-0.15, -0.1) is 0 Å². The Bertz CT molecular complexity index is 682. The van der Waals surface area contributed by atoms with Crippen molar-refractivity contribution in [1.82, 2.24) is 5.32 Å². The summed E-state index contributed by atoms with van der Waals surface area (Å²) in [6.07, 6.45) is 0. The molecule has 0 unspecified atom stereocenters. The van der Waals surface area contributed by atoms with E-state index in [1.165, 1.54) is 0 Å². The Labute approximate surface area is 137 Å². The summed E-state index contributed by atoms with van der Waals surface area (Å²) in [5.41, 5.74) is 3.06. The highest BCUT2D eigenvalue weighted by molar-refractivity contribution is 5.78. The molecule has 0 aliphatic rings. The van der Waals surface area contributed by atoms with Crippen molar-refractivity contribution in [1.29, 1.82) is 0 Å². The summed E-state index contributed by atoms with van der Waals surface area (Å²) in [6.45, 7) is 5.87. The number of hydrogen-bond acceptors (Lipinski definition) is 3. The molecule has 2 rings (SSSR count). The van der Waals surface area contributed by atoms with Crippen LogP contribution >= 0.6 is 0 Å². The van der Waals surface area contributed by atoms with E-state index >= 15 is 0 Å². The molecular weight excluding hydrogens is 290 g/mol. The van der Waals surface area contributed by atoms with Gasteiger partial charge >= 0.3 is 0 Å². The standard InChI is InChI=1S/C19H23NO3/c1-13-9-10-14(2)18(11-13)23-12-19(21)20-15(3)16-7-5-6-8-17(16)22-4/h5-11,15H,12H2,1-4H3,(H,20,21)/t15-/m0/s1. The zero-order valence-electron chi connectivity index (χ0n) is 14.1. The molecule has 4 heteroatoms. The van der Waals surface area contributed by atoms with Crippen molar-refractivity contribution in [2.24, 2.45) is 0 Å². The van der Waals surface area contributed by atoms with Gasteiger partial charge in [-0.25, -0.2) is 0 Å². The van der Waals surface area contributed by atoms with Crippen molar-refractivity contribution >= 4 is 5.91 Å². The number of rotatable bonds is 6. The number of nitrogens with one attached hydrogen (secondary N) is 1. The maximum atomic E-state index is 12.1. The molecule has 1 amide bonds. The SMILES string of the molecule is COc1ccccc1[C@H](C)NC(=O)COc1cc(C)ccc1C. The minimum Gasteiger partial charge on any atom is -0.496 e. The van der Waals surface area contributed by atoms with E-state index in [2.05, 4.69) is 5.32 Å². The molecule has 0 aliphatic carbocycles. The number of aryl methyl sites for hydroxylation is 2. The van der Waals surface area contributed by atoms with Gasteiger partial charge in [0.2, 0.25) is 0 Å². The van der Waals surface area contributed by atoms with Crippen LogP contribution < -0.4 is 14.8 Å². The van der Waals surface area contributed by atoms with E-state index in [4.69, 9.17) is 9.47 Å². The Morgan fingerprint density at radius 3 is 2.61 bits per heavy atom. The van der Waals surface area contributed by atoms with Crippen LogP contribution in [0.4, 0.5) is 0 Å². The largest absolute Gasteiger partial charge is 0.496 e. The van der Waals surface area contributed by atoms with Gasteiger partial charge in [0.05, 0.1) is 13.2 Å². The molecule has 0 saturated heterocycles. The van der Waals surface area contributed by atoms with Crippen molar-refractivity contribution in [3.63, 3.8) is 0 Å². The predicted octanol–water partition coefficient (Wildman–Crippen LogP) is 3.57. The van der Waals surface area contributed by atoms with Crippen LogP contribution in [-0.2, 0) is 4.79 Å². The second kappa shape index (κ2) is 7.68. The number of para-hydroxylation sites is 1. The molecule has 2 aromatic carbocycles. The van der Waals surface area contributed by atoms with E-state index in [9.17, 15) is 4.79 Å². The number of methoxy groups -OCH3 is 1. The topological polar surface area (TPSA) is 47.6 Å². The first-order valence-electron chi connectivity index (χ1n) is 7.63. The molecule has 0 aromatic heterocycles. The number of hydrogen-bond donors (Lipinski definition) is 1. The summed E-state index contributed by atoms with van der Waals surface area (Å²) >= 11 is 0. The second-order valence-electron chi connectivity index (χ2n) is 5.59. The third-order valence-corrected chi connectivity index (χ3v) is 3.69. The monoisotopic (exact) mass is 313 g/mol. The van der Waals surface area contributed by atoms with Crippen LogP contribution in [0.25, 0.3) is 0 Å². The summed E-state index contributed by atoms with van der Waals surface area (Å²) in [5.74, 6) is 1.34. The lowest BCUT2D eigenvalue weighted by Gasteiger charge is -2.17. The Kier molecular flexibility index (Phi) is 5.63. The van der Waals surface area contributed by atoms with Crippen molar-refractivity contribution in [2.45, 2.75) is 26.8 Å². The van der Waals surface area contributed by atoms with Crippen LogP contribution in [0.3, 0.4) is 0 Å². The average Bonchev–Trinajstić information content (AvgIpc) is 2.55. The summed E-state index contributed by atoms with van der Waals surface area (Å²) in [7, 11) is 1.62. The molecule has 0 aliphatic heterocycles. The van der Waals surface area contributed by atoms with Crippen molar-refractivity contribution < 1.29 is 14.3 Å². The van der Waals surface area contributed by atoms with Crippen LogP contribution in [-0.4, -0.2) is 19.6 Å². The van der Waals surface area contributed by atoms with Gasteiger partial charge in [-0.2, -0.15) is 0 Å². The third kappa shape index (κ3) is 4.49. The van der Waals surface area contributed by atoms with Crippen LogP contribution in [0.1, 0.15) is 29.7 Å². The first kappa shape index (κ1) is 16.9. The molecule has 0 bridgehead atoms. The highest BCUT2D eigenvalue weighted by Gasteiger charge is 2.14. The first-order valence-corrected chi connectivity index (χ1v) is 7.63. The molecule has 1 N–H and O–H groups in total. The van der Waals surface area contributed by atoms with E-state index in [1.54, 1.807) is 7.11 Å². The van der Waals surface area contributed by atoms with Crippen LogP contribution in [0, 0.1) is 13.8 Å². The number of amides is 1. The molecule has 122 valence electrons. The zero-order valence-corrected chi connectivity index (χ0v) is 14.1. The minimum absolute atomic E-state index is 0.0101. The predicted molar refractivity (Wildman–Crippen MR) is 91.0 cm³/mol. The Morgan fingerprint density at radius 2 is 1.87 bits per heavy atom. The molecule has 4 nitrogen and oxygen atoms in total. The molecule has 0 spiro atoms. The van der Waals surface area contributed by atoms with Gasteiger partial charge in [0.15, 0.2) is 6.61 Å². The molecule has 0 radical (unpaired) electrons. The summed E-state index contributed by atoms with van der Waals surface area (Å²) in [6, 6.07) is 13.4. The number of benzene rings is 2. The Hall–Kier alpha value is -2.49. The van der Waals surface area contributed by atoms with E-state index in [1.807, 2.05) is 63.2 Å². The number of carbonyl (C=O) groups is 1. The fourth-order valence-electron chi connectivity index (χ4n) is 2.39. The maximum Gasteiger partial charge on any atom is 0.258 e.